The molecular weight excluding hydrogens is 707 g/mol. The Bertz CT molecular complexity index is 1800. The minimum atomic E-state index is -0.771. The zero-order valence-electron chi connectivity index (χ0n) is 33.0. The summed E-state index contributed by atoms with van der Waals surface area (Å²) in [6, 6.07) is 41.7. The molecule has 4 aromatic rings. The molecule has 0 radical (unpaired) electrons. The van der Waals surface area contributed by atoms with Crippen LogP contribution in [0.4, 0.5) is 0 Å². The quantitative estimate of drug-likeness (QED) is 0.138. The van der Waals surface area contributed by atoms with Crippen LogP contribution in [-0.4, -0.2) is 91.1 Å². The van der Waals surface area contributed by atoms with Gasteiger partial charge in [0.15, 0.2) is 17.9 Å². The second-order valence-electron chi connectivity index (χ2n) is 16.3. The van der Waals surface area contributed by atoms with Gasteiger partial charge in [0.1, 0.15) is 30.5 Å². The molecule has 298 valence electrons. The highest BCUT2D eigenvalue weighted by atomic mass is 16.8. The SMILES string of the molecule is CC1(C)O[C@H]2O[C@H]([C@H]3COC(C)(C)O3)[C@H](NC[C@H]3[C@@H](OCc4ccccc4)[C@H](OCc4ccccc4)[C@@H](CNCc4ccccc4)N3Cc3ccccc3)[C@H]2O1. The smallest absolute Gasteiger partial charge is 0.189 e. The van der Waals surface area contributed by atoms with Crippen molar-refractivity contribution in [3.63, 3.8) is 0 Å². The summed E-state index contributed by atoms with van der Waals surface area (Å²) in [5.74, 6) is -1.47. The van der Waals surface area contributed by atoms with Gasteiger partial charge < -0.3 is 43.8 Å². The Balaban J connectivity index is 1.12. The Hall–Kier alpha value is -3.52. The predicted molar refractivity (Wildman–Crippen MR) is 213 cm³/mol. The van der Waals surface area contributed by atoms with Gasteiger partial charge in [-0.2, -0.15) is 0 Å². The Morgan fingerprint density at radius 1 is 0.607 bits per heavy atom. The standard InChI is InChI=1S/C46H57N3O7/c1-45(2)52-31-38(54-45)42-39(43-44(53-42)56-46(3,4)55-43)48-27-37-41(51-30-35-23-15-8-16-24-35)40(50-29-34-21-13-7-14-22-34)36(26-47-25-32-17-9-5-10-18-32)49(37)28-33-19-11-6-12-20-33/h5-24,36-44,47-48H,25-31H2,1-4H3/t36-,37+,38-,39+,40-,41-,42-,43-,44-/m1/s1. The molecule has 8 rings (SSSR count). The van der Waals surface area contributed by atoms with E-state index in [9.17, 15) is 0 Å². The lowest BCUT2D eigenvalue weighted by molar-refractivity contribution is -0.223. The van der Waals surface area contributed by atoms with E-state index in [1.807, 2.05) is 39.8 Å². The van der Waals surface area contributed by atoms with E-state index in [1.165, 1.54) is 11.1 Å². The molecule has 0 aliphatic carbocycles. The van der Waals surface area contributed by atoms with Crippen LogP contribution in [0.3, 0.4) is 0 Å². The Kier molecular flexibility index (Phi) is 12.3. The lowest BCUT2D eigenvalue weighted by atomic mass is 10.0. The van der Waals surface area contributed by atoms with Crippen LogP contribution in [0.2, 0.25) is 0 Å². The van der Waals surface area contributed by atoms with Crippen LogP contribution >= 0.6 is 0 Å². The first kappa shape index (κ1) is 39.3. The Morgan fingerprint density at radius 2 is 1.14 bits per heavy atom. The van der Waals surface area contributed by atoms with Crippen LogP contribution < -0.4 is 10.6 Å². The van der Waals surface area contributed by atoms with Gasteiger partial charge in [-0.15, -0.1) is 0 Å². The lowest BCUT2D eigenvalue weighted by Crippen LogP contribution is -2.55. The van der Waals surface area contributed by atoms with E-state index in [4.69, 9.17) is 33.2 Å². The van der Waals surface area contributed by atoms with E-state index in [0.29, 0.717) is 32.9 Å². The molecule has 10 nitrogen and oxygen atoms in total. The van der Waals surface area contributed by atoms with Crippen LogP contribution in [0.15, 0.2) is 121 Å². The molecule has 4 aliphatic heterocycles. The summed E-state index contributed by atoms with van der Waals surface area (Å²) < 4.78 is 46.0. The molecule has 56 heavy (non-hydrogen) atoms. The molecule has 4 heterocycles. The van der Waals surface area contributed by atoms with Crippen molar-refractivity contribution >= 4 is 0 Å². The number of hydrogen-bond acceptors (Lipinski definition) is 10. The largest absolute Gasteiger partial charge is 0.369 e. The summed E-state index contributed by atoms with van der Waals surface area (Å²) in [5.41, 5.74) is 4.71. The first-order chi connectivity index (χ1) is 27.2. The molecule has 0 unspecified atom stereocenters. The van der Waals surface area contributed by atoms with E-state index in [2.05, 4.69) is 125 Å². The van der Waals surface area contributed by atoms with Crippen molar-refractivity contribution in [3.8, 4) is 0 Å². The van der Waals surface area contributed by atoms with Crippen molar-refractivity contribution in [2.75, 3.05) is 19.7 Å². The topological polar surface area (TPSA) is 91.9 Å². The van der Waals surface area contributed by atoms with Crippen molar-refractivity contribution < 1.29 is 33.2 Å². The van der Waals surface area contributed by atoms with Crippen LogP contribution in [0.25, 0.3) is 0 Å². The van der Waals surface area contributed by atoms with Crippen LogP contribution in [0.1, 0.15) is 49.9 Å². The molecule has 4 aliphatic rings. The van der Waals surface area contributed by atoms with E-state index in [1.54, 1.807) is 0 Å². The third-order valence-corrected chi connectivity index (χ3v) is 11.3. The highest BCUT2D eigenvalue weighted by molar-refractivity contribution is 5.19. The highest BCUT2D eigenvalue weighted by Crippen LogP contribution is 2.41. The Morgan fingerprint density at radius 3 is 1.70 bits per heavy atom. The molecule has 9 atom stereocenters. The number of benzene rings is 4. The minimum absolute atomic E-state index is 0.0176. The molecule has 0 amide bonds. The Labute approximate surface area is 331 Å². The highest BCUT2D eigenvalue weighted by Gasteiger charge is 2.59. The van der Waals surface area contributed by atoms with Crippen molar-refractivity contribution in [2.45, 2.75) is 121 Å². The first-order valence-corrected chi connectivity index (χ1v) is 20.1. The van der Waals surface area contributed by atoms with Crippen LogP contribution in [-0.2, 0) is 59.5 Å². The maximum Gasteiger partial charge on any atom is 0.189 e. The molecule has 4 saturated heterocycles. The minimum Gasteiger partial charge on any atom is -0.369 e. The van der Waals surface area contributed by atoms with Gasteiger partial charge in [0, 0.05) is 26.2 Å². The first-order valence-electron chi connectivity index (χ1n) is 20.1. The number of nitrogens with zero attached hydrogens (tertiary/aromatic N) is 1. The monoisotopic (exact) mass is 763 g/mol. The summed E-state index contributed by atoms with van der Waals surface area (Å²) in [6.07, 6.45) is -2.01. The zero-order valence-corrected chi connectivity index (χ0v) is 33.0. The molecule has 4 fully saturated rings. The average Bonchev–Trinajstić information content (AvgIpc) is 3.91. The second-order valence-corrected chi connectivity index (χ2v) is 16.3. The fraction of sp³-hybridized carbons (Fsp3) is 0.478. The molecular formula is C46H57N3O7. The average molecular weight is 764 g/mol. The number of fused-ring (bicyclic) bond motifs is 1. The zero-order chi connectivity index (χ0) is 38.5. The van der Waals surface area contributed by atoms with Gasteiger partial charge in [-0.25, -0.2) is 0 Å². The van der Waals surface area contributed by atoms with Gasteiger partial charge >= 0.3 is 0 Å². The summed E-state index contributed by atoms with van der Waals surface area (Å²) in [5, 5.41) is 7.77. The van der Waals surface area contributed by atoms with Gasteiger partial charge in [0.05, 0.1) is 37.9 Å². The third kappa shape index (κ3) is 9.43. The van der Waals surface area contributed by atoms with Crippen LogP contribution in [0.5, 0.6) is 0 Å². The summed E-state index contributed by atoms with van der Waals surface area (Å²) in [6.45, 7) is 11.9. The number of likely N-dealkylation sites (tertiary alicyclic amines) is 1. The maximum atomic E-state index is 7.09. The number of hydrogen-bond donors (Lipinski definition) is 2. The molecule has 0 bridgehead atoms. The molecule has 0 aromatic heterocycles. The predicted octanol–water partition coefficient (Wildman–Crippen LogP) is 6.19. The third-order valence-electron chi connectivity index (χ3n) is 11.3. The van der Waals surface area contributed by atoms with Crippen molar-refractivity contribution in [3.05, 3.63) is 144 Å². The fourth-order valence-electron chi connectivity index (χ4n) is 8.68. The lowest BCUT2D eigenvalue weighted by Gasteiger charge is -2.34. The van der Waals surface area contributed by atoms with Gasteiger partial charge in [-0.3, -0.25) is 4.90 Å². The van der Waals surface area contributed by atoms with E-state index < -0.39 is 17.9 Å². The normalized spacial score (nSPS) is 30.8. The molecule has 0 spiro atoms. The van der Waals surface area contributed by atoms with Crippen LogP contribution in [0, 0.1) is 0 Å². The molecule has 2 N–H and O–H groups in total. The van der Waals surface area contributed by atoms with Gasteiger partial charge in [0.25, 0.3) is 0 Å². The van der Waals surface area contributed by atoms with Crippen molar-refractivity contribution in [1.29, 1.82) is 0 Å². The summed E-state index contributed by atoms with van der Waals surface area (Å²) in [7, 11) is 0. The van der Waals surface area contributed by atoms with Crippen molar-refractivity contribution in [1.82, 2.24) is 15.5 Å². The van der Waals surface area contributed by atoms with E-state index >= 15 is 0 Å². The maximum absolute atomic E-state index is 7.09. The van der Waals surface area contributed by atoms with Gasteiger partial charge in [0.2, 0.25) is 0 Å². The fourth-order valence-corrected chi connectivity index (χ4v) is 8.68. The number of rotatable bonds is 16. The molecule has 10 heteroatoms. The number of ether oxygens (including phenoxy) is 7. The number of nitrogens with one attached hydrogen (secondary N) is 2. The van der Waals surface area contributed by atoms with Crippen molar-refractivity contribution in [2.24, 2.45) is 0 Å². The van der Waals surface area contributed by atoms with E-state index in [0.717, 1.165) is 24.2 Å². The molecule has 0 saturated carbocycles. The molecule has 4 aromatic carbocycles. The van der Waals surface area contributed by atoms with Gasteiger partial charge in [-0.1, -0.05) is 121 Å². The summed E-state index contributed by atoms with van der Waals surface area (Å²) >= 11 is 0. The summed E-state index contributed by atoms with van der Waals surface area (Å²) in [4.78, 5) is 2.59. The van der Waals surface area contributed by atoms with Gasteiger partial charge in [-0.05, 0) is 49.9 Å². The second kappa shape index (κ2) is 17.5. The van der Waals surface area contributed by atoms with E-state index in [-0.39, 0.29) is 48.6 Å².